The van der Waals surface area contributed by atoms with Crippen LogP contribution in [0.5, 0.6) is 0 Å². The van der Waals surface area contributed by atoms with Crippen molar-refractivity contribution in [1.29, 1.82) is 0 Å². The van der Waals surface area contributed by atoms with E-state index in [2.05, 4.69) is 36.9 Å². The molecule has 0 amide bonds. The average Bonchev–Trinajstić information content (AvgIpc) is 2.90. The van der Waals surface area contributed by atoms with Gasteiger partial charge in [0, 0.05) is 34.8 Å². The van der Waals surface area contributed by atoms with E-state index >= 15 is 0 Å². The maximum Gasteiger partial charge on any atom is 0.107 e. The third kappa shape index (κ3) is 4.10. The van der Waals surface area contributed by atoms with Gasteiger partial charge in [-0.1, -0.05) is 11.6 Å². The molecule has 2 aromatic rings. The van der Waals surface area contributed by atoms with Gasteiger partial charge < -0.3 is 9.88 Å². The summed E-state index contributed by atoms with van der Waals surface area (Å²) in [5, 5.41) is 3.40. The number of nitrogens with zero attached hydrogens (tertiary/aromatic N) is 2. The van der Waals surface area contributed by atoms with Crippen molar-refractivity contribution >= 4 is 38.9 Å². The van der Waals surface area contributed by atoms with Crippen LogP contribution >= 0.6 is 38.9 Å². The molecule has 2 aromatic heterocycles. The fourth-order valence-electron chi connectivity index (χ4n) is 1.50. The van der Waals surface area contributed by atoms with Gasteiger partial charge in [-0.3, -0.25) is 0 Å². The molecule has 0 aliphatic carbocycles. The van der Waals surface area contributed by atoms with Crippen molar-refractivity contribution in [2.24, 2.45) is 0 Å². The Kier molecular flexibility index (Phi) is 5.03. The maximum atomic E-state index is 5.97. The van der Waals surface area contributed by atoms with Crippen molar-refractivity contribution in [2.75, 3.05) is 6.54 Å². The minimum atomic E-state index is 0.820. The van der Waals surface area contributed by atoms with Gasteiger partial charge in [-0.15, -0.1) is 11.3 Å². The fraction of sp³-hybridized carbons (Fsp3) is 0.364. The van der Waals surface area contributed by atoms with E-state index in [1.807, 2.05) is 12.5 Å². The predicted octanol–water partition coefficient (Wildman–Crippen LogP) is 3.54. The molecule has 0 aromatic carbocycles. The van der Waals surface area contributed by atoms with Gasteiger partial charge in [0.25, 0.3) is 0 Å². The molecule has 0 atom stereocenters. The minimum Gasteiger partial charge on any atom is -0.337 e. The zero-order valence-corrected chi connectivity index (χ0v) is 12.4. The van der Waals surface area contributed by atoms with E-state index in [0.29, 0.717) is 0 Å². The molecular formula is C11H13BrClN3S. The molecule has 2 heterocycles. The minimum absolute atomic E-state index is 0.820. The lowest BCUT2D eigenvalue weighted by atomic mass is 10.4. The number of imidazole rings is 1. The first-order valence-electron chi connectivity index (χ1n) is 5.36. The molecule has 0 fully saturated rings. The number of aryl methyl sites for hydroxylation is 1. The summed E-state index contributed by atoms with van der Waals surface area (Å²) in [5.41, 5.74) is 0. The maximum absolute atomic E-state index is 5.97. The molecule has 17 heavy (non-hydrogen) atoms. The van der Waals surface area contributed by atoms with Crippen LogP contribution in [0.25, 0.3) is 0 Å². The monoisotopic (exact) mass is 333 g/mol. The largest absolute Gasteiger partial charge is 0.337 e. The van der Waals surface area contributed by atoms with Crippen LogP contribution in [0.2, 0.25) is 4.34 Å². The summed E-state index contributed by atoms with van der Waals surface area (Å²) in [7, 11) is 0. The highest BCUT2D eigenvalue weighted by Gasteiger charge is 2.03. The van der Waals surface area contributed by atoms with E-state index in [1.54, 1.807) is 17.5 Å². The van der Waals surface area contributed by atoms with Crippen LogP contribution in [0.15, 0.2) is 29.3 Å². The molecule has 0 unspecified atom stereocenters. The molecule has 2 rings (SSSR count). The van der Waals surface area contributed by atoms with Crippen LogP contribution in [-0.4, -0.2) is 16.1 Å². The van der Waals surface area contributed by atoms with Gasteiger partial charge in [0.05, 0.1) is 6.33 Å². The number of halogens is 2. The van der Waals surface area contributed by atoms with Crippen LogP contribution < -0.4 is 5.32 Å². The lowest BCUT2D eigenvalue weighted by Gasteiger charge is -2.03. The normalized spacial score (nSPS) is 10.9. The van der Waals surface area contributed by atoms with Crippen LogP contribution in [0.4, 0.5) is 0 Å². The van der Waals surface area contributed by atoms with Gasteiger partial charge >= 0.3 is 0 Å². The molecular weight excluding hydrogens is 322 g/mol. The number of thiophene rings is 1. The Morgan fingerprint density at radius 1 is 1.53 bits per heavy atom. The number of hydrogen-bond donors (Lipinski definition) is 1. The molecule has 3 nitrogen and oxygen atoms in total. The van der Waals surface area contributed by atoms with Crippen LogP contribution in [0, 0.1) is 0 Å². The second kappa shape index (κ2) is 6.54. The lowest BCUT2D eigenvalue weighted by molar-refractivity contribution is 0.583. The second-order valence-corrected chi connectivity index (χ2v) is 6.26. The zero-order valence-electron chi connectivity index (χ0n) is 9.20. The molecule has 92 valence electrons. The van der Waals surface area contributed by atoms with Gasteiger partial charge in [-0.25, -0.2) is 4.98 Å². The molecule has 1 N–H and O–H groups in total. The zero-order chi connectivity index (χ0) is 12.1. The highest BCUT2D eigenvalue weighted by molar-refractivity contribution is 9.10. The summed E-state index contributed by atoms with van der Waals surface area (Å²) in [4.78, 5) is 5.26. The molecule has 0 aliphatic heterocycles. The van der Waals surface area contributed by atoms with Crippen LogP contribution in [0.3, 0.4) is 0 Å². The van der Waals surface area contributed by atoms with Gasteiger partial charge in [-0.05, 0) is 35.0 Å². The standard InChI is InChI=1S/C11H13BrClN3S/c12-10-6-9(17-11(10)13)7-14-2-1-4-16-5-3-15-8-16/h3,5-6,8,14H,1-2,4,7H2. The van der Waals surface area contributed by atoms with Crippen molar-refractivity contribution in [3.8, 4) is 0 Å². The van der Waals surface area contributed by atoms with Gasteiger partial charge in [0.2, 0.25) is 0 Å². The molecule has 0 aliphatic rings. The van der Waals surface area contributed by atoms with Crippen molar-refractivity contribution in [3.63, 3.8) is 0 Å². The molecule has 0 radical (unpaired) electrons. The number of aromatic nitrogens is 2. The first kappa shape index (κ1) is 13.1. The second-order valence-electron chi connectivity index (χ2n) is 3.67. The van der Waals surface area contributed by atoms with E-state index in [0.717, 1.165) is 34.9 Å². The first-order chi connectivity index (χ1) is 8.25. The van der Waals surface area contributed by atoms with Crippen molar-refractivity contribution in [3.05, 3.63) is 38.5 Å². The summed E-state index contributed by atoms with van der Waals surface area (Å²) in [6.07, 6.45) is 6.72. The fourth-order valence-corrected chi connectivity index (χ4v) is 3.26. The SMILES string of the molecule is Clc1sc(CNCCCn2ccnc2)cc1Br. The quantitative estimate of drug-likeness (QED) is 0.819. The van der Waals surface area contributed by atoms with E-state index < -0.39 is 0 Å². The average molecular weight is 335 g/mol. The van der Waals surface area contributed by atoms with Crippen LogP contribution in [-0.2, 0) is 13.1 Å². The molecule has 0 saturated carbocycles. The number of rotatable bonds is 6. The van der Waals surface area contributed by atoms with Crippen LogP contribution in [0.1, 0.15) is 11.3 Å². The molecule has 6 heteroatoms. The smallest absolute Gasteiger partial charge is 0.107 e. The van der Waals surface area contributed by atoms with Gasteiger partial charge in [-0.2, -0.15) is 0 Å². The predicted molar refractivity (Wildman–Crippen MR) is 75.6 cm³/mol. The van der Waals surface area contributed by atoms with Gasteiger partial charge in [0.1, 0.15) is 4.34 Å². The lowest BCUT2D eigenvalue weighted by Crippen LogP contribution is -2.15. The van der Waals surface area contributed by atoms with E-state index in [4.69, 9.17) is 11.6 Å². The highest BCUT2D eigenvalue weighted by atomic mass is 79.9. The molecule has 0 spiro atoms. The molecule has 0 bridgehead atoms. The Balaban J connectivity index is 1.63. The first-order valence-corrected chi connectivity index (χ1v) is 7.34. The summed E-state index contributed by atoms with van der Waals surface area (Å²) in [5.74, 6) is 0. The Morgan fingerprint density at radius 3 is 3.06 bits per heavy atom. The van der Waals surface area contributed by atoms with E-state index in [9.17, 15) is 0 Å². The van der Waals surface area contributed by atoms with E-state index in [1.165, 1.54) is 4.88 Å². The van der Waals surface area contributed by atoms with Crippen molar-refractivity contribution in [2.45, 2.75) is 19.5 Å². The Hall–Kier alpha value is -0.360. The Morgan fingerprint density at radius 2 is 2.41 bits per heavy atom. The summed E-state index contributed by atoms with van der Waals surface area (Å²) in [6, 6.07) is 2.07. The summed E-state index contributed by atoms with van der Waals surface area (Å²) in [6.45, 7) is 2.87. The number of nitrogens with one attached hydrogen (secondary N) is 1. The van der Waals surface area contributed by atoms with E-state index in [-0.39, 0.29) is 0 Å². The third-order valence-corrected chi connectivity index (χ3v) is 4.80. The summed E-state index contributed by atoms with van der Waals surface area (Å²) < 4.78 is 3.89. The third-order valence-electron chi connectivity index (χ3n) is 2.32. The topological polar surface area (TPSA) is 29.9 Å². The van der Waals surface area contributed by atoms with Crippen molar-refractivity contribution < 1.29 is 0 Å². The highest BCUT2D eigenvalue weighted by Crippen LogP contribution is 2.31. The summed E-state index contributed by atoms with van der Waals surface area (Å²) >= 11 is 11.0. The molecule has 0 saturated heterocycles. The van der Waals surface area contributed by atoms with Crippen molar-refractivity contribution in [1.82, 2.24) is 14.9 Å². The van der Waals surface area contributed by atoms with Gasteiger partial charge in [0.15, 0.2) is 0 Å². The Bertz CT molecular complexity index is 436. The Labute approximate surface area is 118 Å². The number of hydrogen-bond acceptors (Lipinski definition) is 3.